The number of hydrogen-bond donors (Lipinski definition) is 2. The second-order valence-corrected chi connectivity index (χ2v) is 5.96. The zero-order valence-electron chi connectivity index (χ0n) is 10.3. The van der Waals surface area contributed by atoms with Crippen LogP contribution in [0, 0.1) is 0 Å². The molecule has 2 N–H and O–H groups in total. The summed E-state index contributed by atoms with van der Waals surface area (Å²) in [5.41, 5.74) is 2.42. The average Bonchev–Trinajstić information content (AvgIpc) is 2.42. The van der Waals surface area contributed by atoms with Crippen LogP contribution in [0.25, 0.3) is 0 Å². The molecule has 0 aliphatic heterocycles. The van der Waals surface area contributed by atoms with E-state index in [9.17, 15) is 0 Å². The van der Waals surface area contributed by atoms with Crippen molar-refractivity contribution in [2.45, 2.75) is 4.84 Å². The Morgan fingerprint density at radius 3 is 2.10 bits per heavy atom. The van der Waals surface area contributed by atoms with E-state index in [1.165, 1.54) is 0 Å². The van der Waals surface area contributed by atoms with Gasteiger partial charge in [0.15, 0.2) is 0 Å². The fraction of sp³-hybridized carbons (Fsp3) is 0.143. The van der Waals surface area contributed by atoms with Gasteiger partial charge in [-0.15, -0.1) is 23.2 Å². The summed E-state index contributed by atoms with van der Waals surface area (Å²) >= 11 is 23.8. The van der Waals surface area contributed by atoms with Crippen LogP contribution in [-0.4, -0.2) is 6.67 Å². The topological polar surface area (TPSA) is 24.1 Å². The number of para-hydroxylation sites is 1. The molecule has 0 fully saturated rings. The second kappa shape index (κ2) is 7.28. The molecule has 2 nitrogen and oxygen atoms in total. The molecule has 0 saturated heterocycles. The van der Waals surface area contributed by atoms with E-state index in [2.05, 4.69) is 10.6 Å². The zero-order chi connectivity index (χ0) is 14.5. The third kappa shape index (κ3) is 4.10. The molecule has 6 heteroatoms. The normalized spacial score (nSPS) is 10.7. The SMILES string of the molecule is Clc1ccccc1NCNc1ccc(C(Cl)Cl)cc1Cl. The Kier molecular flexibility index (Phi) is 5.67. The van der Waals surface area contributed by atoms with E-state index >= 15 is 0 Å². The molecule has 0 aliphatic rings. The highest BCUT2D eigenvalue weighted by Crippen LogP contribution is 2.30. The number of anilines is 2. The molecule has 0 aliphatic carbocycles. The predicted octanol–water partition coefficient (Wildman–Crippen LogP) is 5.95. The summed E-state index contributed by atoms with van der Waals surface area (Å²) in [7, 11) is 0. The fourth-order valence-corrected chi connectivity index (χ4v) is 2.38. The van der Waals surface area contributed by atoms with Gasteiger partial charge >= 0.3 is 0 Å². The minimum Gasteiger partial charge on any atom is -0.367 e. The molecule has 0 saturated carbocycles. The van der Waals surface area contributed by atoms with Gasteiger partial charge in [0, 0.05) is 0 Å². The van der Waals surface area contributed by atoms with Gasteiger partial charge in [-0.25, -0.2) is 0 Å². The van der Waals surface area contributed by atoms with Crippen LogP contribution in [-0.2, 0) is 0 Å². The lowest BCUT2D eigenvalue weighted by Gasteiger charge is -2.13. The Balaban J connectivity index is 1.96. The van der Waals surface area contributed by atoms with Gasteiger partial charge in [-0.2, -0.15) is 0 Å². The lowest BCUT2D eigenvalue weighted by Crippen LogP contribution is -2.12. The van der Waals surface area contributed by atoms with Crippen LogP contribution in [0.5, 0.6) is 0 Å². The minimum absolute atomic E-state index is 0.494. The molecule has 0 atom stereocenters. The van der Waals surface area contributed by atoms with Crippen LogP contribution in [0.15, 0.2) is 42.5 Å². The maximum absolute atomic E-state index is 6.15. The van der Waals surface area contributed by atoms with Crippen molar-refractivity contribution in [3.63, 3.8) is 0 Å². The first-order valence-corrected chi connectivity index (χ1v) is 7.50. The van der Waals surface area contributed by atoms with Crippen molar-refractivity contribution < 1.29 is 0 Å². The van der Waals surface area contributed by atoms with Gasteiger partial charge in [0.1, 0.15) is 4.84 Å². The van der Waals surface area contributed by atoms with Crippen LogP contribution in [0.4, 0.5) is 11.4 Å². The Morgan fingerprint density at radius 1 is 0.850 bits per heavy atom. The Morgan fingerprint density at radius 2 is 1.50 bits per heavy atom. The summed E-state index contributed by atoms with van der Waals surface area (Å²) in [5, 5.41) is 7.57. The van der Waals surface area contributed by atoms with E-state index in [1.54, 1.807) is 6.07 Å². The molecular weight excluding hydrogens is 338 g/mol. The van der Waals surface area contributed by atoms with Gasteiger partial charge in [-0.05, 0) is 29.8 Å². The summed E-state index contributed by atoms with van der Waals surface area (Å²) in [4.78, 5) is -0.581. The molecule has 0 aromatic heterocycles. The number of hydrogen-bond acceptors (Lipinski definition) is 2. The summed E-state index contributed by atoms with van der Waals surface area (Å²) in [6, 6.07) is 12.9. The molecule has 2 aromatic rings. The molecule has 0 radical (unpaired) electrons. The van der Waals surface area contributed by atoms with Crippen molar-refractivity contribution >= 4 is 57.8 Å². The first-order chi connectivity index (χ1) is 9.58. The monoisotopic (exact) mass is 348 g/mol. The number of rotatable bonds is 5. The highest BCUT2D eigenvalue weighted by atomic mass is 35.5. The summed E-state index contributed by atoms with van der Waals surface area (Å²) in [5.74, 6) is 0. The van der Waals surface area contributed by atoms with Crippen LogP contribution in [0.2, 0.25) is 10.0 Å². The summed E-state index contributed by atoms with van der Waals surface area (Å²) < 4.78 is 0. The van der Waals surface area contributed by atoms with Crippen molar-refractivity contribution in [3.8, 4) is 0 Å². The standard InChI is InChI=1S/C14H12Cl4N2/c15-10-3-1-2-4-12(10)19-8-20-13-6-5-9(14(17)18)7-11(13)16/h1-7,14,19-20H,8H2. The van der Waals surface area contributed by atoms with Crippen LogP contribution >= 0.6 is 46.4 Å². The van der Waals surface area contributed by atoms with Crippen molar-refractivity contribution in [3.05, 3.63) is 58.1 Å². The molecule has 0 heterocycles. The molecule has 20 heavy (non-hydrogen) atoms. The van der Waals surface area contributed by atoms with E-state index in [1.807, 2.05) is 36.4 Å². The van der Waals surface area contributed by atoms with Crippen molar-refractivity contribution in [2.24, 2.45) is 0 Å². The zero-order valence-corrected chi connectivity index (χ0v) is 13.4. The molecule has 106 valence electrons. The maximum atomic E-state index is 6.15. The van der Waals surface area contributed by atoms with Gasteiger partial charge in [-0.3, -0.25) is 0 Å². The minimum atomic E-state index is -0.581. The number of benzene rings is 2. The molecule has 0 unspecified atom stereocenters. The Bertz CT molecular complexity index is 587. The Labute approximate surface area is 138 Å². The fourth-order valence-electron chi connectivity index (χ4n) is 1.65. The molecular formula is C14H12Cl4N2. The lowest BCUT2D eigenvalue weighted by atomic mass is 10.2. The first kappa shape index (κ1) is 15.6. The van der Waals surface area contributed by atoms with Crippen molar-refractivity contribution in [1.29, 1.82) is 0 Å². The molecule has 2 rings (SSSR count). The molecule has 0 bridgehead atoms. The average molecular weight is 350 g/mol. The highest BCUT2D eigenvalue weighted by Gasteiger charge is 2.07. The van der Waals surface area contributed by atoms with E-state index in [-0.39, 0.29) is 0 Å². The largest absolute Gasteiger partial charge is 0.367 e. The van der Waals surface area contributed by atoms with Crippen LogP contribution in [0.3, 0.4) is 0 Å². The van der Waals surface area contributed by atoms with E-state index in [0.29, 0.717) is 16.7 Å². The lowest BCUT2D eigenvalue weighted by molar-refractivity contribution is 1.21. The maximum Gasteiger partial charge on any atom is 0.132 e. The van der Waals surface area contributed by atoms with Crippen molar-refractivity contribution in [2.75, 3.05) is 17.3 Å². The first-order valence-electron chi connectivity index (χ1n) is 5.88. The molecule has 0 amide bonds. The predicted molar refractivity (Wildman–Crippen MR) is 89.5 cm³/mol. The summed E-state index contributed by atoms with van der Waals surface area (Å²) in [6.45, 7) is 0.494. The Hall–Kier alpha value is -0.800. The molecule has 0 spiro atoms. The summed E-state index contributed by atoms with van der Waals surface area (Å²) in [6.07, 6.45) is 0. The van der Waals surface area contributed by atoms with Gasteiger partial charge in [0.05, 0.1) is 28.1 Å². The number of halogens is 4. The second-order valence-electron chi connectivity index (χ2n) is 4.05. The highest BCUT2D eigenvalue weighted by molar-refractivity contribution is 6.44. The van der Waals surface area contributed by atoms with Crippen LogP contribution < -0.4 is 10.6 Å². The van der Waals surface area contributed by atoms with E-state index in [0.717, 1.165) is 16.9 Å². The van der Waals surface area contributed by atoms with Gasteiger partial charge in [-0.1, -0.05) is 41.4 Å². The molecule has 2 aromatic carbocycles. The van der Waals surface area contributed by atoms with Crippen molar-refractivity contribution in [1.82, 2.24) is 0 Å². The van der Waals surface area contributed by atoms with E-state index < -0.39 is 4.84 Å². The number of alkyl halides is 2. The van der Waals surface area contributed by atoms with Gasteiger partial charge < -0.3 is 10.6 Å². The van der Waals surface area contributed by atoms with Crippen LogP contribution in [0.1, 0.15) is 10.4 Å². The van der Waals surface area contributed by atoms with E-state index in [4.69, 9.17) is 46.4 Å². The number of nitrogens with one attached hydrogen (secondary N) is 2. The van der Waals surface area contributed by atoms with Gasteiger partial charge in [0.25, 0.3) is 0 Å². The smallest absolute Gasteiger partial charge is 0.132 e. The quantitative estimate of drug-likeness (QED) is 0.514. The third-order valence-electron chi connectivity index (χ3n) is 2.68. The third-order valence-corrected chi connectivity index (χ3v) is 3.82. The van der Waals surface area contributed by atoms with Gasteiger partial charge in [0.2, 0.25) is 0 Å².